The van der Waals surface area contributed by atoms with Crippen molar-refractivity contribution < 1.29 is 0 Å². The second kappa shape index (κ2) is 29.4. The molecule has 0 aromatic heterocycles. The zero-order chi connectivity index (χ0) is 28.0. The molecule has 3 nitrogen and oxygen atoms in total. The Morgan fingerprint density at radius 3 is 1.24 bits per heavy atom. The van der Waals surface area contributed by atoms with Gasteiger partial charge in [0.1, 0.15) is 0 Å². The summed E-state index contributed by atoms with van der Waals surface area (Å²) in [5.74, 6) is 1.20. The van der Waals surface area contributed by atoms with Gasteiger partial charge < -0.3 is 10.6 Å². The maximum absolute atomic E-state index is 4.96. The molecule has 0 aromatic rings. The summed E-state index contributed by atoms with van der Waals surface area (Å²) in [6, 6.07) is 0. The molecule has 0 saturated heterocycles. The number of aliphatic imine (C=N–C) groups is 1. The molecule has 0 heterocycles. The zero-order valence-electron chi connectivity index (χ0n) is 27.2. The van der Waals surface area contributed by atoms with E-state index in [0.29, 0.717) is 0 Å². The third kappa shape index (κ3) is 31.6. The third-order valence-corrected chi connectivity index (χ3v) is 7.58. The molecule has 0 aliphatic carbocycles. The van der Waals surface area contributed by atoms with E-state index < -0.39 is 0 Å². The molecule has 0 bridgehead atoms. The number of amidine groups is 1. The molecule has 0 aromatic carbocycles. The van der Waals surface area contributed by atoms with Gasteiger partial charge in [-0.3, -0.25) is 4.99 Å². The smallest absolute Gasteiger partial charge is 0.0979 e. The van der Waals surface area contributed by atoms with Crippen LogP contribution in [0.1, 0.15) is 195 Å². The molecule has 228 valence electrons. The van der Waals surface area contributed by atoms with Crippen LogP contribution in [0, 0.1) is 0 Å². The van der Waals surface area contributed by atoms with E-state index in [1.165, 1.54) is 160 Å². The summed E-state index contributed by atoms with van der Waals surface area (Å²) >= 11 is 0. The first-order valence-electron chi connectivity index (χ1n) is 17.5. The van der Waals surface area contributed by atoms with E-state index in [9.17, 15) is 0 Å². The van der Waals surface area contributed by atoms with Gasteiger partial charge in [0.05, 0.1) is 5.84 Å². The molecule has 0 saturated carbocycles. The first-order chi connectivity index (χ1) is 18.5. The van der Waals surface area contributed by atoms with Gasteiger partial charge in [0.15, 0.2) is 0 Å². The molecule has 3 heteroatoms. The van der Waals surface area contributed by atoms with Gasteiger partial charge in [0, 0.05) is 25.0 Å². The normalized spacial score (nSPS) is 12.4. The van der Waals surface area contributed by atoms with Gasteiger partial charge in [-0.15, -0.1) is 0 Å². The number of nitrogens with one attached hydrogen (secondary N) is 2. The molecular formula is C35H73N3. The largest absolute Gasteiger partial charge is 0.369 e. The topological polar surface area (TPSA) is 36.4 Å². The van der Waals surface area contributed by atoms with E-state index in [1.54, 1.807) is 0 Å². The lowest BCUT2D eigenvalue weighted by Gasteiger charge is -2.23. The van der Waals surface area contributed by atoms with Crippen molar-refractivity contribution in [1.29, 1.82) is 0 Å². The second-order valence-electron chi connectivity index (χ2n) is 13.0. The molecule has 2 N–H and O–H groups in total. The fraction of sp³-hybridized carbons (Fsp3) is 0.971. The van der Waals surface area contributed by atoms with Gasteiger partial charge in [0.25, 0.3) is 0 Å². The Hall–Kier alpha value is -0.570. The van der Waals surface area contributed by atoms with Crippen molar-refractivity contribution in [1.82, 2.24) is 10.6 Å². The summed E-state index contributed by atoms with van der Waals surface area (Å²) < 4.78 is 0. The van der Waals surface area contributed by atoms with Crippen LogP contribution in [-0.4, -0.2) is 31.0 Å². The van der Waals surface area contributed by atoms with Crippen LogP contribution in [0.25, 0.3) is 0 Å². The molecule has 0 atom stereocenters. The molecule has 0 unspecified atom stereocenters. The van der Waals surface area contributed by atoms with Crippen molar-refractivity contribution in [2.75, 3.05) is 19.6 Å². The lowest BCUT2D eigenvalue weighted by molar-refractivity contribution is 0.501. The molecule has 0 aliphatic heterocycles. The molecule has 0 rings (SSSR count). The van der Waals surface area contributed by atoms with Crippen molar-refractivity contribution in [2.45, 2.75) is 201 Å². The Morgan fingerprint density at radius 1 is 0.474 bits per heavy atom. The van der Waals surface area contributed by atoms with Gasteiger partial charge >= 0.3 is 0 Å². The Balaban J connectivity index is 3.69. The maximum Gasteiger partial charge on any atom is 0.0979 e. The number of hydrogen-bond donors (Lipinski definition) is 2. The lowest BCUT2D eigenvalue weighted by Crippen LogP contribution is -2.42. The SMILES string of the molecule is CCCCCCCCCCCCCCN=C(CCNCCCCCCCCCCCCCC)NC(C)(C)C. The highest BCUT2D eigenvalue weighted by atomic mass is 15.0. The molecule has 0 radical (unpaired) electrons. The van der Waals surface area contributed by atoms with Crippen molar-refractivity contribution in [3.63, 3.8) is 0 Å². The third-order valence-electron chi connectivity index (χ3n) is 7.58. The summed E-state index contributed by atoms with van der Waals surface area (Å²) in [5.41, 5.74) is 0.0882. The minimum Gasteiger partial charge on any atom is -0.369 e. The minimum absolute atomic E-state index is 0.0882. The van der Waals surface area contributed by atoms with Crippen LogP contribution in [0.3, 0.4) is 0 Å². The Labute approximate surface area is 241 Å². The Morgan fingerprint density at radius 2 is 0.842 bits per heavy atom. The van der Waals surface area contributed by atoms with E-state index in [1.807, 2.05) is 0 Å². The lowest BCUT2D eigenvalue weighted by atomic mass is 10.1. The quantitative estimate of drug-likeness (QED) is 0.0567. The van der Waals surface area contributed by atoms with E-state index in [-0.39, 0.29) is 5.54 Å². The van der Waals surface area contributed by atoms with Gasteiger partial charge in [-0.2, -0.15) is 0 Å². The van der Waals surface area contributed by atoms with Crippen LogP contribution >= 0.6 is 0 Å². The summed E-state index contributed by atoms with van der Waals surface area (Å²) in [6.45, 7) is 14.5. The first-order valence-corrected chi connectivity index (χ1v) is 17.5. The molecule has 0 spiro atoms. The average molecular weight is 536 g/mol. The van der Waals surface area contributed by atoms with Crippen LogP contribution in [0.4, 0.5) is 0 Å². The fourth-order valence-electron chi connectivity index (χ4n) is 5.20. The molecular weight excluding hydrogens is 462 g/mol. The van der Waals surface area contributed by atoms with E-state index in [2.05, 4.69) is 45.3 Å². The van der Waals surface area contributed by atoms with Gasteiger partial charge in [-0.1, -0.05) is 155 Å². The number of nitrogens with zero attached hydrogens (tertiary/aromatic N) is 1. The Bertz CT molecular complexity index is 480. The van der Waals surface area contributed by atoms with Crippen molar-refractivity contribution in [3.8, 4) is 0 Å². The van der Waals surface area contributed by atoms with E-state index >= 15 is 0 Å². The molecule has 0 fully saturated rings. The van der Waals surface area contributed by atoms with Crippen molar-refractivity contribution >= 4 is 5.84 Å². The number of hydrogen-bond acceptors (Lipinski definition) is 2. The first kappa shape index (κ1) is 37.4. The summed E-state index contributed by atoms with van der Waals surface area (Å²) in [7, 11) is 0. The van der Waals surface area contributed by atoms with Gasteiger partial charge in [-0.05, 0) is 40.2 Å². The number of unbranched alkanes of at least 4 members (excludes halogenated alkanes) is 22. The zero-order valence-corrected chi connectivity index (χ0v) is 27.2. The van der Waals surface area contributed by atoms with Crippen LogP contribution < -0.4 is 10.6 Å². The van der Waals surface area contributed by atoms with Crippen LogP contribution in [0.5, 0.6) is 0 Å². The van der Waals surface area contributed by atoms with Gasteiger partial charge in [-0.25, -0.2) is 0 Å². The molecule has 0 amide bonds. The monoisotopic (exact) mass is 536 g/mol. The highest BCUT2D eigenvalue weighted by Gasteiger charge is 2.11. The highest BCUT2D eigenvalue weighted by Crippen LogP contribution is 2.13. The van der Waals surface area contributed by atoms with E-state index in [0.717, 1.165) is 26.1 Å². The van der Waals surface area contributed by atoms with Crippen molar-refractivity contribution in [2.24, 2.45) is 4.99 Å². The summed E-state index contributed by atoms with van der Waals surface area (Å²) in [6.07, 6.45) is 34.9. The van der Waals surface area contributed by atoms with Crippen LogP contribution in [0.2, 0.25) is 0 Å². The van der Waals surface area contributed by atoms with E-state index in [4.69, 9.17) is 4.99 Å². The predicted molar refractivity (Wildman–Crippen MR) is 175 cm³/mol. The number of rotatable bonds is 29. The average Bonchev–Trinajstić information content (AvgIpc) is 2.88. The summed E-state index contributed by atoms with van der Waals surface area (Å²) in [5, 5.41) is 7.32. The van der Waals surface area contributed by atoms with Gasteiger partial charge in [0.2, 0.25) is 0 Å². The fourth-order valence-corrected chi connectivity index (χ4v) is 5.20. The molecule has 38 heavy (non-hydrogen) atoms. The highest BCUT2D eigenvalue weighted by molar-refractivity contribution is 5.83. The molecule has 0 aliphatic rings. The minimum atomic E-state index is 0.0882. The predicted octanol–water partition coefficient (Wildman–Crippen LogP) is 11.2. The van der Waals surface area contributed by atoms with Crippen molar-refractivity contribution in [3.05, 3.63) is 0 Å². The van der Waals surface area contributed by atoms with Crippen LogP contribution in [0.15, 0.2) is 4.99 Å². The summed E-state index contributed by atoms with van der Waals surface area (Å²) in [4.78, 5) is 4.96. The second-order valence-corrected chi connectivity index (χ2v) is 13.0. The van der Waals surface area contributed by atoms with Crippen LogP contribution in [-0.2, 0) is 0 Å². The maximum atomic E-state index is 4.96. The Kier molecular flexibility index (Phi) is 29.0. The standard InChI is InChI=1S/C35H73N3/c1-6-8-10-12-14-16-18-20-22-24-26-28-31-36-33-30-34(38-35(3,4)5)37-32-29-27-25-23-21-19-17-15-13-11-9-7-2/h36H,6-33H2,1-5H3,(H,37,38).